The molecule has 0 aromatic heterocycles. The Kier molecular flexibility index (Phi) is 3.79. The van der Waals surface area contributed by atoms with Crippen molar-refractivity contribution in [1.82, 2.24) is 0 Å². The number of nitro benzene ring substituents is 1. The molecule has 5 heteroatoms. The minimum atomic E-state index is -0.494. The normalized spacial score (nSPS) is 10.1. The van der Waals surface area contributed by atoms with Crippen molar-refractivity contribution in [2.75, 3.05) is 5.32 Å². The van der Waals surface area contributed by atoms with Crippen LogP contribution in [0, 0.1) is 24.0 Å². The first-order valence-corrected chi connectivity index (χ1v) is 6.10. The van der Waals surface area contributed by atoms with E-state index in [9.17, 15) is 14.9 Å². The first-order valence-electron chi connectivity index (χ1n) is 6.10. The van der Waals surface area contributed by atoms with Crippen LogP contribution in [-0.2, 0) is 0 Å². The maximum Gasteiger partial charge on any atom is 0.271 e. The van der Waals surface area contributed by atoms with Crippen molar-refractivity contribution < 1.29 is 9.72 Å². The van der Waals surface area contributed by atoms with Gasteiger partial charge in [0.2, 0.25) is 0 Å². The monoisotopic (exact) mass is 270 g/mol. The number of benzene rings is 2. The molecule has 0 aliphatic heterocycles. The van der Waals surface area contributed by atoms with E-state index in [-0.39, 0.29) is 11.6 Å². The lowest BCUT2D eigenvalue weighted by atomic mass is 10.1. The molecule has 0 unspecified atom stereocenters. The van der Waals surface area contributed by atoms with Gasteiger partial charge in [-0.3, -0.25) is 14.9 Å². The van der Waals surface area contributed by atoms with Crippen molar-refractivity contribution in [3.8, 4) is 0 Å². The number of carbonyl (C=O) groups is 1. The number of nitro groups is 1. The molecule has 20 heavy (non-hydrogen) atoms. The molecule has 0 aliphatic rings. The highest BCUT2D eigenvalue weighted by molar-refractivity contribution is 6.04. The van der Waals surface area contributed by atoms with E-state index in [1.165, 1.54) is 18.2 Å². The molecule has 0 fully saturated rings. The number of amides is 1. The molecule has 0 heterocycles. The Labute approximate surface area is 116 Å². The van der Waals surface area contributed by atoms with E-state index in [2.05, 4.69) is 5.32 Å². The summed E-state index contributed by atoms with van der Waals surface area (Å²) in [6.07, 6.45) is 0. The first kappa shape index (κ1) is 13.7. The molecular formula is C15H14N2O3. The minimum Gasteiger partial charge on any atom is -0.322 e. The van der Waals surface area contributed by atoms with Crippen LogP contribution in [-0.4, -0.2) is 10.8 Å². The Morgan fingerprint density at radius 3 is 2.50 bits per heavy atom. The van der Waals surface area contributed by atoms with E-state index in [0.29, 0.717) is 11.3 Å². The average molecular weight is 270 g/mol. The molecule has 1 amide bonds. The lowest BCUT2D eigenvalue weighted by molar-refractivity contribution is -0.384. The second-order valence-corrected chi connectivity index (χ2v) is 4.56. The van der Waals surface area contributed by atoms with Gasteiger partial charge < -0.3 is 5.32 Å². The summed E-state index contributed by atoms with van der Waals surface area (Å²) < 4.78 is 0. The Bertz CT molecular complexity index is 681. The van der Waals surface area contributed by atoms with Gasteiger partial charge in [0.25, 0.3) is 11.6 Å². The van der Waals surface area contributed by atoms with E-state index < -0.39 is 4.92 Å². The van der Waals surface area contributed by atoms with Gasteiger partial charge in [-0.25, -0.2) is 0 Å². The third kappa shape index (κ3) is 3.00. The van der Waals surface area contributed by atoms with Gasteiger partial charge in [0.15, 0.2) is 0 Å². The number of anilines is 1. The number of carbonyl (C=O) groups excluding carboxylic acids is 1. The van der Waals surface area contributed by atoms with Crippen LogP contribution in [0.5, 0.6) is 0 Å². The fraction of sp³-hybridized carbons (Fsp3) is 0.133. The van der Waals surface area contributed by atoms with Crippen molar-refractivity contribution in [3.05, 3.63) is 69.3 Å². The quantitative estimate of drug-likeness (QED) is 0.685. The maximum absolute atomic E-state index is 12.1. The minimum absolute atomic E-state index is 0.0529. The largest absolute Gasteiger partial charge is 0.322 e. The van der Waals surface area contributed by atoms with Crippen molar-refractivity contribution in [2.24, 2.45) is 0 Å². The fourth-order valence-corrected chi connectivity index (χ4v) is 1.78. The molecule has 0 saturated heterocycles. The van der Waals surface area contributed by atoms with Crippen LogP contribution in [0.25, 0.3) is 0 Å². The van der Waals surface area contributed by atoms with Gasteiger partial charge in [-0.05, 0) is 43.2 Å². The summed E-state index contributed by atoms with van der Waals surface area (Å²) in [7, 11) is 0. The molecule has 2 aromatic rings. The second-order valence-electron chi connectivity index (χ2n) is 4.56. The molecule has 0 atom stereocenters. The summed E-state index contributed by atoms with van der Waals surface area (Å²) in [5, 5.41) is 13.3. The van der Waals surface area contributed by atoms with Crippen LogP contribution < -0.4 is 5.32 Å². The highest BCUT2D eigenvalue weighted by atomic mass is 16.6. The SMILES string of the molecule is Cc1ccc(C(=O)Nc2cccc([N+](=O)[O-])c2)cc1C. The van der Waals surface area contributed by atoms with Crippen molar-refractivity contribution in [1.29, 1.82) is 0 Å². The van der Waals surface area contributed by atoms with Crippen LogP contribution in [0.2, 0.25) is 0 Å². The van der Waals surface area contributed by atoms with E-state index in [0.717, 1.165) is 11.1 Å². The number of hydrogen-bond donors (Lipinski definition) is 1. The van der Waals surface area contributed by atoms with Crippen LogP contribution >= 0.6 is 0 Å². The number of nitrogens with one attached hydrogen (secondary N) is 1. The van der Waals surface area contributed by atoms with Gasteiger partial charge in [0, 0.05) is 23.4 Å². The van der Waals surface area contributed by atoms with E-state index in [4.69, 9.17) is 0 Å². The van der Waals surface area contributed by atoms with Gasteiger partial charge in [-0.1, -0.05) is 12.1 Å². The molecule has 5 nitrogen and oxygen atoms in total. The molecule has 0 radical (unpaired) electrons. The topological polar surface area (TPSA) is 72.2 Å². The Morgan fingerprint density at radius 1 is 1.10 bits per heavy atom. The van der Waals surface area contributed by atoms with Gasteiger partial charge >= 0.3 is 0 Å². The molecule has 2 aromatic carbocycles. The lowest BCUT2D eigenvalue weighted by Crippen LogP contribution is -2.12. The van der Waals surface area contributed by atoms with Crippen molar-refractivity contribution in [2.45, 2.75) is 13.8 Å². The molecule has 0 aliphatic carbocycles. The number of nitrogens with zero attached hydrogens (tertiary/aromatic N) is 1. The second kappa shape index (κ2) is 5.52. The summed E-state index contributed by atoms with van der Waals surface area (Å²) in [6, 6.07) is 11.3. The van der Waals surface area contributed by atoms with Gasteiger partial charge in [0.1, 0.15) is 0 Å². The van der Waals surface area contributed by atoms with Gasteiger partial charge in [-0.15, -0.1) is 0 Å². The van der Waals surface area contributed by atoms with Crippen LogP contribution in [0.4, 0.5) is 11.4 Å². The molecule has 0 saturated carbocycles. The van der Waals surface area contributed by atoms with E-state index >= 15 is 0 Å². The van der Waals surface area contributed by atoms with Crippen molar-refractivity contribution >= 4 is 17.3 Å². The van der Waals surface area contributed by atoms with Crippen LogP contribution in [0.1, 0.15) is 21.5 Å². The highest BCUT2D eigenvalue weighted by Gasteiger charge is 2.10. The van der Waals surface area contributed by atoms with Crippen molar-refractivity contribution in [3.63, 3.8) is 0 Å². The molecular weight excluding hydrogens is 256 g/mol. The Morgan fingerprint density at radius 2 is 1.85 bits per heavy atom. The molecule has 102 valence electrons. The summed E-state index contributed by atoms with van der Waals surface area (Å²) in [6.45, 7) is 3.90. The van der Waals surface area contributed by atoms with E-state index in [1.54, 1.807) is 18.2 Å². The lowest BCUT2D eigenvalue weighted by Gasteiger charge is -2.07. The summed E-state index contributed by atoms with van der Waals surface area (Å²) in [5.41, 5.74) is 3.01. The highest BCUT2D eigenvalue weighted by Crippen LogP contribution is 2.18. The maximum atomic E-state index is 12.1. The Hall–Kier alpha value is -2.69. The average Bonchev–Trinajstić information content (AvgIpc) is 2.42. The number of hydrogen-bond acceptors (Lipinski definition) is 3. The smallest absolute Gasteiger partial charge is 0.271 e. The zero-order valence-electron chi connectivity index (χ0n) is 11.2. The molecule has 0 spiro atoms. The predicted molar refractivity (Wildman–Crippen MR) is 77.0 cm³/mol. The van der Waals surface area contributed by atoms with Gasteiger partial charge in [-0.2, -0.15) is 0 Å². The molecule has 0 bridgehead atoms. The standard InChI is InChI=1S/C15H14N2O3/c1-10-6-7-12(8-11(10)2)15(18)16-13-4-3-5-14(9-13)17(19)20/h3-9H,1-2H3,(H,16,18). The number of aryl methyl sites for hydroxylation is 2. The third-order valence-electron chi connectivity index (χ3n) is 3.08. The van der Waals surface area contributed by atoms with E-state index in [1.807, 2.05) is 19.9 Å². The van der Waals surface area contributed by atoms with Crippen LogP contribution in [0.3, 0.4) is 0 Å². The van der Waals surface area contributed by atoms with Gasteiger partial charge in [0.05, 0.1) is 4.92 Å². The summed E-state index contributed by atoms with van der Waals surface area (Å²) >= 11 is 0. The summed E-state index contributed by atoms with van der Waals surface area (Å²) in [4.78, 5) is 22.3. The molecule has 2 rings (SSSR count). The summed E-state index contributed by atoms with van der Waals surface area (Å²) in [5.74, 6) is -0.284. The fourth-order valence-electron chi connectivity index (χ4n) is 1.78. The number of rotatable bonds is 3. The Balaban J connectivity index is 2.21. The predicted octanol–water partition coefficient (Wildman–Crippen LogP) is 3.46. The third-order valence-corrected chi connectivity index (χ3v) is 3.08. The first-order chi connectivity index (χ1) is 9.47. The van der Waals surface area contributed by atoms with Crippen LogP contribution in [0.15, 0.2) is 42.5 Å². The molecule has 1 N–H and O–H groups in total. The zero-order valence-corrected chi connectivity index (χ0v) is 11.2. The zero-order chi connectivity index (χ0) is 14.7. The number of non-ortho nitro benzene ring substituents is 1.